The van der Waals surface area contributed by atoms with E-state index in [1.54, 1.807) is 0 Å². The van der Waals surface area contributed by atoms with E-state index >= 15 is 0 Å². The van der Waals surface area contributed by atoms with Crippen molar-refractivity contribution >= 4 is 32.9 Å². The number of aromatic nitrogens is 2. The normalized spacial score (nSPS) is 23.9. The maximum absolute atomic E-state index is 5.96. The Morgan fingerprint density at radius 1 is 1.56 bits per heavy atom. The molecule has 3 rings (SSSR count). The van der Waals surface area contributed by atoms with Crippen molar-refractivity contribution in [2.45, 2.75) is 19.9 Å². The van der Waals surface area contributed by atoms with Gasteiger partial charge >= 0.3 is 0 Å². The summed E-state index contributed by atoms with van der Waals surface area (Å²) in [4.78, 5) is 4.38. The third-order valence-electron chi connectivity index (χ3n) is 3.43. The second kappa shape index (κ2) is 3.48. The summed E-state index contributed by atoms with van der Waals surface area (Å²) in [5.41, 5.74) is 8.07. The molecule has 84 valence electrons. The van der Waals surface area contributed by atoms with Gasteiger partial charge in [0.15, 0.2) is 0 Å². The smallest absolute Gasteiger partial charge is 0.201 e. The second-order valence-electron chi connectivity index (χ2n) is 4.69. The minimum atomic E-state index is 0.632. The first-order valence-corrected chi connectivity index (χ1v) is 6.35. The van der Waals surface area contributed by atoms with E-state index in [9.17, 15) is 0 Å². The molecule has 1 aromatic carbocycles. The monoisotopic (exact) mass is 279 g/mol. The van der Waals surface area contributed by atoms with Crippen LogP contribution >= 0.6 is 15.9 Å². The van der Waals surface area contributed by atoms with Crippen molar-refractivity contribution in [3.05, 3.63) is 22.7 Å². The highest BCUT2D eigenvalue weighted by molar-refractivity contribution is 9.10. The van der Waals surface area contributed by atoms with Gasteiger partial charge in [0, 0.05) is 11.0 Å². The van der Waals surface area contributed by atoms with Crippen LogP contribution in [0.15, 0.2) is 22.7 Å². The number of nitrogens with two attached hydrogens (primary N) is 1. The van der Waals surface area contributed by atoms with E-state index in [0.29, 0.717) is 5.95 Å². The highest BCUT2D eigenvalue weighted by atomic mass is 79.9. The number of fused-ring (bicyclic) bond motifs is 1. The van der Waals surface area contributed by atoms with E-state index in [4.69, 9.17) is 5.73 Å². The first-order valence-electron chi connectivity index (χ1n) is 5.56. The molecule has 0 amide bonds. The first-order chi connectivity index (χ1) is 7.65. The lowest BCUT2D eigenvalue weighted by Crippen LogP contribution is -2.05. The molecular formula is C12H14BrN3. The van der Waals surface area contributed by atoms with Crippen LogP contribution in [-0.4, -0.2) is 9.55 Å². The summed E-state index contributed by atoms with van der Waals surface area (Å²) in [5, 5.41) is 0. The van der Waals surface area contributed by atoms with E-state index in [1.165, 1.54) is 6.42 Å². The molecule has 1 heterocycles. The van der Waals surface area contributed by atoms with Crippen LogP contribution in [0.1, 0.15) is 13.3 Å². The Labute approximate surface area is 103 Å². The quantitative estimate of drug-likeness (QED) is 0.918. The van der Waals surface area contributed by atoms with Crippen LogP contribution in [0.2, 0.25) is 0 Å². The molecule has 1 saturated carbocycles. The van der Waals surface area contributed by atoms with Crippen molar-refractivity contribution in [3.8, 4) is 0 Å². The molecule has 2 N–H and O–H groups in total. The number of anilines is 1. The van der Waals surface area contributed by atoms with Crippen molar-refractivity contribution in [1.29, 1.82) is 0 Å². The van der Waals surface area contributed by atoms with Gasteiger partial charge in [-0.1, -0.05) is 22.9 Å². The van der Waals surface area contributed by atoms with Gasteiger partial charge in [0.25, 0.3) is 0 Å². The highest BCUT2D eigenvalue weighted by Gasteiger charge is 2.33. The second-order valence-corrected chi connectivity index (χ2v) is 5.60. The molecular weight excluding hydrogens is 266 g/mol. The Balaban J connectivity index is 2.07. The summed E-state index contributed by atoms with van der Waals surface area (Å²) in [6.45, 7) is 3.29. The molecule has 2 atom stereocenters. The first kappa shape index (κ1) is 10.1. The predicted octanol–water partition coefficient (Wildman–Crippen LogP) is 3.04. The molecule has 2 unspecified atom stereocenters. The van der Waals surface area contributed by atoms with Crippen LogP contribution in [-0.2, 0) is 6.54 Å². The van der Waals surface area contributed by atoms with Gasteiger partial charge in [-0.25, -0.2) is 4.98 Å². The Bertz CT molecular complexity index is 546. The molecule has 0 spiro atoms. The molecule has 2 aromatic rings. The summed E-state index contributed by atoms with van der Waals surface area (Å²) in [5.74, 6) is 2.25. The fraction of sp³-hybridized carbons (Fsp3) is 0.417. The van der Waals surface area contributed by atoms with Crippen molar-refractivity contribution in [3.63, 3.8) is 0 Å². The van der Waals surface area contributed by atoms with Crippen molar-refractivity contribution in [1.82, 2.24) is 9.55 Å². The van der Waals surface area contributed by atoms with Gasteiger partial charge in [-0.05, 0) is 36.5 Å². The van der Waals surface area contributed by atoms with Gasteiger partial charge in [0.2, 0.25) is 5.95 Å². The number of hydrogen-bond acceptors (Lipinski definition) is 2. The molecule has 0 bridgehead atoms. The van der Waals surface area contributed by atoms with Crippen LogP contribution in [0, 0.1) is 11.8 Å². The van der Waals surface area contributed by atoms with E-state index in [0.717, 1.165) is 33.9 Å². The number of imidazole rings is 1. The number of nitrogen functional groups attached to an aromatic ring is 1. The summed E-state index contributed by atoms with van der Waals surface area (Å²) in [6, 6.07) is 6.09. The van der Waals surface area contributed by atoms with Gasteiger partial charge in [-0.2, -0.15) is 0 Å². The van der Waals surface area contributed by atoms with E-state index in [2.05, 4.69) is 38.5 Å². The highest BCUT2D eigenvalue weighted by Crippen LogP contribution is 2.40. The van der Waals surface area contributed by atoms with Crippen LogP contribution in [0.3, 0.4) is 0 Å². The maximum atomic E-state index is 5.96. The zero-order valence-electron chi connectivity index (χ0n) is 9.15. The molecule has 1 fully saturated rings. The molecule has 1 aliphatic rings. The number of benzene rings is 1. The topological polar surface area (TPSA) is 43.8 Å². The number of hydrogen-bond donors (Lipinski definition) is 1. The van der Waals surface area contributed by atoms with Crippen LogP contribution in [0.4, 0.5) is 5.95 Å². The average Bonchev–Trinajstić information content (AvgIpc) is 2.84. The largest absolute Gasteiger partial charge is 0.369 e. The average molecular weight is 280 g/mol. The minimum absolute atomic E-state index is 0.632. The van der Waals surface area contributed by atoms with Crippen molar-refractivity contribution < 1.29 is 0 Å². The Kier molecular flexibility index (Phi) is 2.21. The fourth-order valence-corrected chi connectivity index (χ4v) is 2.54. The summed E-state index contributed by atoms with van der Waals surface area (Å²) < 4.78 is 3.21. The number of nitrogens with zero attached hydrogens (tertiary/aromatic N) is 2. The van der Waals surface area contributed by atoms with Crippen molar-refractivity contribution in [2.75, 3.05) is 5.73 Å². The Hall–Kier alpha value is -1.03. The lowest BCUT2D eigenvalue weighted by atomic mass is 10.3. The third-order valence-corrected chi connectivity index (χ3v) is 3.93. The maximum Gasteiger partial charge on any atom is 0.201 e. The standard InChI is InChI=1S/C12H14BrN3/c1-7-4-8(7)6-16-11-5-9(13)2-3-10(11)15-12(16)14/h2-3,5,7-8H,4,6H2,1H3,(H2,14,15). The third kappa shape index (κ3) is 1.61. The Morgan fingerprint density at radius 3 is 3.00 bits per heavy atom. The number of halogens is 1. The molecule has 3 nitrogen and oxygen atoms in total. The van der Waals surface area contributed by atoms with E-state index in [1.807, 2.05) is 12.1 Å². The molecule has 16 heavy (non-hydrogen) atoms. The summed E-state index contributed by atoms with van der Waals surface area (Å²) >= 11 is 3.49. The lowest BCUT2D eigenvalue weighted by molar-refractivity contribution is 0.612. The van der Waals surface area contributed by atoms with Gasteiger partial charge in [0.05, 0.1) is 11.0 Å². The summed E-state index contributed by atoms with van der Waals surface area (Å²) in [7, 11) is 0. The molecule has 0 radical (unpaired) electrons. The SMILES string of the molecule is CC1CC1Cn1c(N)nc2ccc(Br)cc21. The van der Waals surface area contributed by atoms with Gasteiger partial charge < -0.3 is 10.3 Å². The molecule has 4 heteroatoms. The van der Waals surface area contributed by atoms with Crippen LogP contribution < -0.4 is 5.73 Å². The zero-order valence-corrected chi connectivity index (χ0v) is 10.7. The number of rotatable bonds is 2. The van der Waals surface area contributed by atoms with E-state index < -0.39 is 0 Å². The lowest BCUT2D eigenvalue weighted by Gasteiger charge is -2.05. The Morgan fingerprint density at radius 2 is 2.31 bits per heavy atom. The fourth-order valence-electron chi connectivity index (χ4n) is 2.19. The van der Waals surface area contributed by atoms with Gasteiger partial charge in [0.1, 0.15) is 0 Å². The predicted molar refractivity (Wildman–Crippen MR) is 69.1 cm³/mol. The zero-order chi connectivity index (χ0) is 11.3. The summed E-state index contributed by atoms with van der Waals surface area (Å²) in [6.07, 6.45) is 1.31. The molecule has 0 saturated heterocycles. The van der Waals surface area contributed by atoms with Crippen LogP contribution in [0.25, 0.3) is 11.0 Å². The minimum Gasteiger partial charge on any atom is -0.369 e. The molecule has 0 aliphatic heterocycles. The van der Waals surface area contributed by atoms with Gasteiger partial charge in [-0.3, -0.25) is 0 Å². The van der Waals surface area contributed by atoms with E-state index in [-0.39, 0.29) is 0 Å². The van der Waals surface area contributed by atoms with Crippen molar-refractivity contribution in [2.24, 2.45) is 11.8 Å². The van der Waals surface area contributed by atoms with Gasteiger partial charge in [-0.15, -0.1) is 0 Å². The molecule has 1 aromatic heterocycles. The molecule has 1 aliphatic carbocycles. The van der Waals surface area contributed by atoms with Crippen LogP contribution in [0.5, 0.6) is 0 Å².